The standard InChI is InChI=1S/C17H24N2O3/c1-6-11-17(3,4)22-15-9-7-14(8-10-15)12-19(5)13(2)16(20)18-21/h7-10,13,21H,12H2,1-5H3,(H,18,20)/t13-/m1/s1. The Labute approximate surface area is 132 Å². The maximum atomic E-state index is 11.4. The topological polar surface area (TPSA) is 61.8 Å². The third kappa shape index (κ3) is 5.40. The molecule has 0 saturated carbocycles. The molecule has 0 aliphatic heterocycles. The van der Waals surface area contributed by atoms with Crippen LogP contribution in [0, 0.1) is 11.8 Å². The summed E-state index contributed by atoms with van der Waals surface area (Å²) in [5.41, 5.74) is 2.19. The van der Waals surface area contributed by atoms with Crippen molar-refractivity contribution in [2.75, 3.05) is 7.05 Å². The Kier molecular flexibility index (Phi) is 6.41. The minimum atomic E-state index is -0.527. The number of rotatable bonds is 6. The SMILES string of the molecule is CC#CC(C)(C)Oc1ccc(CN(C)[C@H](C)C(=O)NO)cc1. The Morgan fingerprint density at radius 2 is 2.00 bits per heavy atom. The van der Waals surface area contributed by atoms with Gasteiger partial charge in [-0.3, -0.25) is 14.9 Å². The van der Waals surface area contributed by atoms with Crippen LogP contribution in [0.3, 0.4) is 0 Å². The summed E-state index contributed by atoms with van der Waals surface area (Å²) in [7, 11) is 1.82. The van der Waals surface area contributed by atoms with Gasteiger partial charge in [0.25, 0.3) is 5.91 Å². The normalized spacial score (nSPS) is 12.3. The smallest absolute Gasteiger partial charge is 0.260 e. The van der Waals surface area contributed by atoms with Crippen LogP contribution >= 0.6 is 0 Å². The van der Waals surface area contributed by atoms with E-state index in [9.17, 15) is 4.79 Å². The van der Waals surface area contributed by atoms with Gasteiger partial charge < -0.3 is 4.74 Å². The van der Waals surface area contributed by atoms with Gasteiger partial charge in [0.1, 0.15) is 5.75 Å². The summed E-state index contributed by atoms with van der Waals surface area (Å²) in [6.45, 7) is 7.94. The first kappa shape index (κ1) is 18.0. The molecule has 1 atom stereocenters. The van der Waals surface area contributed by atoms with Crippen molar-refractivity contribution in [3.63, 3.8) is 0 Å². The molecule has 5 nitrogen and oxygen atoms in total. The average molecular weight is 304 g/mol. The molecule has 1 rings (SSSR count). The van der Waals surface area contributed by atoms with Crippen molar-refractivity contribution in [1.82, 2.24) is 10.4 Å². The second kappa shape index (κ2) is 7.83. The van der Waals surface area contributed by atoms with E-state index in [0.717, 1.165) is 11.3 Å². The number of amides is 1. The van der Waals surface area contributed by atoms with Crippen LogP contribution in [0.4, 0.5) is 0 Å². The molecule has 0 bridgehead atoms. The van der Waals surface area contributed by atoms with Gasteiger partial charge in [-0.05, 0) is 52.4 Å². The van der Waals surface area contributed by atoms with Crippen LogP contribution in [0.2, 0.25) is 0 Å². The van der Waals surface area contributed by atoms with E-state index in [4.69, 9.17) is 9.94 Å². The molecule has 0 aliphatic rings. The first-order chi connectivity index (χ1) is 10.3. The van der Waals surface area contributed by atoms with Gasteiger partial charge in [0.15, 0.2) is 5.60 Å². The number of benzene rings is 1. The van der Waals surface area contributed by atoms with Crippen molar-refractivity contribution >= 4 is 5.91 Å². The van der Waals surface area contributed by atoms with Gasteiger partial charge in [-0.2, -0.15) is 0 Å². The lowest BCUT2D eigenvalue weighted by Crippen LogP contribution is -2.41. The highest BCUT2D eigenvalue weighted by atomic mass is 16.5. The number of nitrogens with zero attached hydrogens (tertiary/aromatic N) is 1. The summed E-state index contributed by atoms with van der Waals surface area (Å²) < 4.78 is 5.82. The molecule has 0 fully saturated rings. The van der Waals surface area contributed by atoms with Crippen LogP contribution in [0.5, 0.6) is 5.75 Å². The van der Waals surface area contributed by atoms with Gasteiger partial charge in [0.05, 0.1) is 6.04 Å². The molecular formula is C17H24N2O3. The van der Waals surface area contributed by atoms with Crippen LogP contribution < -0.4 is 10.2 Å². The molecule has 2 N–H and O–H groups in total. The van der Waals surface area contributed by atoms with Crippen molar-refractivity contribution in [2.45, 2.75) is 45.9 Å². The van der Waals surface area contributed by atoms with Gasteiger partial charge in [-0.25, -0.2) is 5.48 Å². The second-order valence-corrected chi connectivity index (χ2v) is 5.70. The van der Waals surface area contributed by atoms with E-state index in [1.54, 1.807) is 19.3 Å². The number of nitrogens with one attached hydrogen (secondary N) is 1. The number of likely N-dealkylation sites (N-methyl/N-ethyl adjacent to an activating group) is 1. The Hall–Kier alpha value is -2.03. The highest BCUT2D eigenvalue weighted by Crippen LogP contribution is 2.19. The van der Waals surface area contributed by atoms with Gasteiger partial charge in [0.2, 0.25) is 0 Å². The number of hydrogen-bond acceptors (Lipinski definition) is 4. The van der Waals surface area contributed by atoms with Gasteiger partial charge >= 0.3 is 0 Å². The summed E-state index contributed by atoms with van der Waals surface area (Å²) in [6.07, 6.45) is 0. The van der Waals surface area contributed by atoms with Gasteiger partial charge in [-0.1, -0.05) is 18.1 Å². The van der Waals surface area contributed by atoms with Crippen molar-refractivity contribution in [3.8, 4) is 17.6 Å². The predicted molar refractivity (Wildman–Crippen MR) is 85.5 cm³/mol. The highest BCUT2D eigenvalue weighted by Gasteiger charge is 2.18. The average Bonchev–Trinajstić information content (AvgIpc) is 2.47. The predicted octanol–water partition coefficient (Wildman–Crippen LogP) is 2.19. The Balaban J connectivity index is 2.69. The van der Waals surface area contributed by atoms with E-state index in [-0.39, 0.29) is 0 Å². The van der Waals surface area contributed by atoms with E-state index < -0.39 is 17.6 Å². The van der Waals surface area contributed by atoms with Crippen LogP contribution in [0.1, 0.15) is 33.3 Å². The Bertz CT molecular complexity index is 556. The molecular weight excluding hydrogens is 280 g/mol. The lowest BCUT2D eigenvalue weighted by atomic mass is 10.1. The minimum Gasteiger partial charge on any atom is -0.475 e. The number of carbonyl (C=O) groups excluding carboxylic acids is 1. The van der Waals surface area contributed by atoms with Crippen LogP contribution in [-0.2, 0) is 11.3 Å². The number of hydrogen-bond donors (Lipinski definition) is 2. The largest absolute Gasteiger partial charge is 0.475 e. The second-order valence-electron chi connectivity index (χ2n) is 5.70. The van der Waals surface area contributed by atoms with E-state index >= 15 is 0 Å². The lowest BCUT2D eigenvalue weighted by Gasteiger charge is -2.23. The monoisotopic (exact) mass is 304 g/mol. The molecule has 0 radical (unpaired) electrons. The van der Waals surface area contributed by atoms with Crippen molar-refractivity contribution in [2.24, 2.45) is 0 Å². The molecule has 0 heterocycles. The molecule has 5 heteroatoms. The Morgan fingerprint density at radius 3 is 2.50 bits per heavy atom. The fourth-order valence-corrected chi connectivity index (χ4v) is 2.00. The zero-order valence-corrected chi connectivity index (χ0v) is 13.8. The van der Waals surface area contributed by atoms with Gasteiger partial charge in [-0.15, -0.1) is 5.92 Å². The van der Waals surface area contributed by atoms with E-state index in [2.05, 4.69) is 11.8 Å². The maximum absolute atomic E-state index is 11.4. The van der Waals surface area contributed by atoms with E-state index in [0.29, 0.717) is 6.54 Å². The van der Waals surface area contributed by atoms with E-state index in [1.165, 1.54) is 0 Å². The van der Waals surface area contributed by atoms with Crippen LogP contribution in [0.15, 0.2) is 24.3 Å². The summed E-state index contributed by atoms with van der Waals surface area (Å²) in [5.74, 6) is 6.18. The maximum Gasteiger partial charge on any atom is 0.260 e. The number of carbonyl (C=O) groups is 1. The molecule has 120 valence electrons. The van der Waals surface area contributed by atoms with Crippen molar-refractivity contribution < 1.29 is 14.7 Å². The molecule has 0 spiro atoms. The highest BCUT2D eigenvalue weighted by molar-refractivity contribution is 5.80. The molecule has 22 heavy (non-hydrogen) atoms. The fraction of sp³-hybridized carbons (Fsp3) is 0.471. The van der Waals surface area contributed by atoms with E-state index in [1.807, 2.05) is 50.1 Å². The quantitative estimate of drug-likeness (QED) is 0.480. The number of ether oxygens (including phenoxy) is 1. The molecule has 0 saturated heterocycles. The zero-order chi connectivity index (χ0) is 16.8. The minimum absolute atomic E-state index is 0.417. The molecule has 1 amide bonds. The molecule has 0 aliphatic carbocycles. The summed E-state index contributed by atoms with van der Waals surface area (Å²) in [4.78, 5) is 13.2. The number of hydroxylamine groups is 1. The first-order valence-corrected chi connectivity index (χ1v) is 7.15. The Morgan fingerprint density at radius 1 is 1.41 bits per heavy atom. The zero-order valence-electron chi connectivity index (χ0n) is 13.8. The third-order valence-electron chi connectivity index (χ3n) is 3.31. The molecule has 0 aromatic heterocycles. The van der Waals surface area contributed by atoms with Gasteiger partial charge in [0, 0.05) is 6.54 Å². The van der Waals surface area contributed by atoms with Crippen LogP contribution in [0.25, 0.3) is 0 Å². The van der Waals surface area contributed by atoms with Crippen molar-refractivity contribution in [3.05, 3.63) is 29.8 Å². The fourth-order valence-electron chi connectivity index (χ4n) is 2.00. The first-order valence-electron chi connectivity index (χ1n) is 7.15. The molecule has 0 unspecified atom stereocenters. The lowest BCUT2D eigenvalue weighted by molar-refractivity contribution is -0.133. The van der Waals surface area contributed by atoms with Crippen molar-refractivity contribution in [1.29, 1.82) is 0 Å². The summed E-state index contributed by atoms with van der Waals surface area (Å²) in [5, 5.41) is 8.65. The summed E-state index contributed by atoms with van der Waals surface area (Å²) in [6, 6.07) is 7.26. The molecule has 1 aromatic carbocycles. The third-order valence-corrected chi connectivity index (χ3v) is 3.31. The summed E-state index contributed by atoms with van der Waals surface area (Å²) >= 11 is 0. The van der Waals surface area contributed by atoms with Crippen LogP contribution in [-0.4, -0.2) is 34.7 Å². The molecule has 1 aromatic rings.